The molecule has 3 rings (SSSR count). The molecule has 34 heavy (non-hydrogen) atoms. The SMILES string of the molecule is Cc1cc(C(=O)COC(=O)/C=C/c2ccc([N+](=O)[O-])cc2)c(C)n1-c1ccc(OC(F)F)cc1. The molecule has 0 radical (unpaired) electrons. The number of carbonyl (C=O) groups excluding carboxylic acids is 2. The van der Waals surface area contributed by atoms with Gasteiger partial charge in [-0.15, -0.1) is 0 Å². The fourth-order valence-corrected chi connectivity index (χ4v) is 3.35. The maximum Gasteiger partial charge on any atom is 0.387 e. The molecule has 0 aliphatic heterocycles. The van der Waals surface area contributed by atoms with Crippen molar-refractivity contribution >= 4 is 23.5 Å². The second-order valence-corrected chi connectivity index (χ2v) is 7.21. The topological polar surface area (TPSA) is 101 Å². The lowest BCUT2D eigenvalue weighted by Crippen LogP contribution is -2.13. The zero-order chi connectivity index (χ0) is 24.8. The minimum atomic E-state index is -2.92. The molecule has 1 aromatic heterocycles. The summed E-state index contributed by atoms with van der Waals surface area (Å²) >= 11 is 0. The summed E-state index contributed by atoms with van der Waals surface area (Å²) in [5, 5.41) is 10.7. The van der Waals surface area contributed by atoms with Gasteiger partial charge in [-0.1, -0.05) is 0 Å². The minimum absolute atomic E-state index is 0.0196. The van der Waals surface area contributed by atoms with Crippen LogP contribution >= 0.6 is 0 Å². The maximum absolute atomic E-state index is 12.6. The highest BCUT2D eigenvalue weighted by molar-refractivity contribution is 6.00. The van der Waals surface area contributed by atoms with E-state index in [0.29, 0.717) is 22.5 Å². The highest BCUT2D eigenvalue weighted by atomic mass is 19.3. The number of Topliss-reactive ketones (excluding diaryl/α,β-unsaturated/α-hetero) is 1. The Hall–Kier alpha value is -4.34. The number of hydrogen-bond donors (Lipinski definition) is 0. The molecule has 0 aliphatic rings. The first kappa shape index (κ1) is 24.3. The largest absolute Gasteiger partial charge is 0.454 e. The Balaban J connectivity index is 1.64. The van der Waals surface area contributed by atoms with Crippen LogP contribution in [0.15, 0.2) is 60.7 Å². The third kappa shape index (κ3) is 5.91. The molecule has 176 valence electrons. The van der Waals surface area contributed by atoms with Gasteiger partial charge in [0, 0.05) is 40.8 Å². The molecule has 0 atom stereocenters. The van der Waals surface area contributed by atoms with Crippen molar-refractivity contribution in [3.63, 3.8) is 0 Å². The summed E-state index contributed by atoms with van der Waals surface area (Å²) in [6, 6.07) is 13.2. The molecule has 0 spiro atoms. The Kier molecular flexibility index (Phi) is 7.52. The number of alkyl halides is 2. The molecule has 8 nitrogen and oxygen atoms in total. The average Bonchev–Trinajstić information content (AvgIpc) is 3.10. The Bertz CT molecular complexity index is 1230. The van der Waals surface area contributed by atoms with Gasteiger partial charge in [0.25, 0.3) is 5.69 Å². The number of esters is 1. The van der Waals surface area contributed by atoms with Crippen molar-refractivity contribution in [2.45, 2.75) is 20.5 Å². The highest BCUT2D eigenvalue weighted by Crippen LogP contribution is 2.24. The van der Waals surface area contributed by atoms with Crippen LogP contribution in [0.5, 0.6) is 5.75 Å². The van der Waals surface area contributed by atoms with Crippen LogP contribution in [0.1, 0.15) is 27.3 Å². The number of aromatic nitrogens is 1. The molecule has 0 N–H and O–H groups in total. The lowest BCUT2D eigenvalue weighted by molar-refractivity contribution is -0.384. The van der Waals surface area contributed by atoms with Crippen LogP contribution in [0.2, 0.25) is 0 Å². The first-order valence-corrected chi connectivity index (χ1v) is 10.0. The van der Waals surface area contributed by atoms with E-state index in [-0.39, 0.29) is 11.4 Å². The van der Waals surface area contributed by atoms with Gasteiger partial charge in [0.15, 0.2) is 6.61 Å². The molecule has 0 bridgehead atoms. The summed E-state index contributed by atoms with van der Waals surface area (Å²) in [7, 11) is 0. The summed E-state index contributed by atoms with van der Waals surface area (Å²) in [5.41, 5.74) is 2.83. The molecular formula is C24H20F2N2O6. The van der Waals surface area contributed by atoms with Crippen molar-refractivity contribution < 1.29 is 32.8 Å². The number of carbonyl (C=O) groups is 2. The summed E-state index contributed by atoms with van der Waals surface area (Å²) in [6.45, 7) is 0.109. The van der Waals surface area contributed by atoms with Crippen LogP contribution in [0.25, 0.3) is 11.8 Å². The molecule has 0 amide bonds. The van der Waals surface area contributed by atoms with E-state index in [0.717, 1.165) is 11.8 Å². The van der Waals surface area contributed by atoms with E-state index < -0.39 is 29.9 Å². The van der Waals surface area contributed by atoms with Crippen LogP contribution in [0.4, 0.5) is 14.5 Å². The second kappa shape index (κ2) is 10.5. The highest BCUT2D eigenvalue weighted by Gasteiger charge is 2.18. The lowest BCUT2D eigenvalue weighted by Gasteiger charge is -2.11. The number of hydrogen-bond acceptors (Lipinski definition) is 6. The number of nitrogens with zero attached hydrogens (tertiary/aromatic N) is 2. The third-order valence-corrected chi connectivity index (χ3v) is 4.91. The molecular weight excluding hydrogens is 450 g/mol. The number of benzene rings is 2. The summed E-state index contributed by atoms with van der Waals surface area (Å²) in [5.74, 6) is -1.13. The third-order valence-electron chi connectivity index (χ3n) is 4.91. The van der Waals surface area contributed by atoms with Crippen molar-refractivity contribution in [1.82, 2.24) is 4.57 Å². The smallest absolute Gasteiger partial charge is 0.387 e. The van der Waals surface area contributed by atoms with Crippen LogP contribution in [-0.4, -0.2) is 34.5 Å². The van der Waals surface area contributed by atoms with Crippen LogP contribution in [0, 0.1) is 24.0 Å². The fourth-order valence-electron chi connectivity index (χ4n) is 3.35. The van der Waals surface area contributed by atoms with Gasteiger partial charge in [0.2, 0.25) is 5.78 Å². The molecule has 0 saturated carbocycles. The lowest BCUT2D eigenvalue weighted by atomic mass is 10.1. The zero-order valence-corrected chi connectivity index (χ0v) is 18.2. The zero-order valence-electron chi connectivity index (χ0n) is 18.2. The Morgan fingerprint density at radius 2 is 1.74 bits per heavy atom. The van der Waals surface area contributed by atoms with Crippen molar-refractivity contribution in [2.75, 3.05) is 6.61 Å². The first-order chi connectivity index (χ1) is 16.2. The number of aryl methyl sites for hydroxylation is 1. The number of nitro groups is 1. The Morgan fingerprint density at radius 1 is 1.09 bits per heavy atom. The molecule has 3 aromatic rings. The Morgan fingerprint density at radius 3 is 2.32 bits per heavy atom. The molecule has 0 aliphatic carbocycles. The van der Waals surface area contributed by atoms with E-state index >= 15 is 0 Å². The van der Waals surface area contributed by atoms with Crippen molar-refractivity contribution in [3.8, 4) is 11.4 Å². The van der Waals surface area contributed by atoms with Crippen LogP contribution in [0.3, 0.4) is 0 Å². The number of rotatable bonds is 9. The van der Waals surface area contributed by atoms with Gasteiger partial charge < -0.3 is 14.0 Å². The van der Waals surface area contributed by atoms with Crippen molar-refractivity contribution in [1.29, 1.82) is 0 Å². The van der Waals surface area contributed by atoms with Gasteiger partial charge in [-0.2, -0.15) is 8.78 Å². The van der Waals surface area contributed by atoms with Crippen LogP contribution < -0.4 is 4.74 Å². The van der Waals surface area contributed by atoms with E-state index in [1.54, 1.807) is 36.6 Å². The Labute approximate surface area is 193 Å². The minimum Gasteiger partial charge on any atom is -0.454 e. The quantitative estimate of drug-likeness (QED) is 0.143. The predicted molar refractivity (Wildman–Crippen MR) is 119 cm³/mol. The van der Waals surface area contributed by atoms with E-state index in [2.05, 4.69) is 4.74 Å². The fraction of sp³-hybridized carbons (Fsp3) is 0.167. The van der Waals surface area contributed by atoms with Gasteiger partial charge in [-0.05, 0) is 68.0 Å². The number of nitro benzene ring substituents is 1. The normalized spacial score (nSPS) is 11.1. The first-order valence-electron chi connectivity index (χ1n) is 10.0. The molecule has 2 aromatic carbocycles. The van der Waals surface area contributed by atoms with E-state index in [9.17, 15) is 28.5 Å². The van der Waals surface area contributed by atoms with E-state index in [1.807, 2.05) is 0 Å². The summed E-state index contributed by atoms with van der Waals surface area (Å²) in [4.78, 5) is 34.8. The van der Waals surface area contributed by atoms with Gasteiger partial charge in [0.1, 0.15) is 5.75 Å². The summed E-state index contributed by atoms with van der Waals surface area (Å²) in [6.07, 6.45) is 2.55. The number of non-ortho nitro benzene ring substituents is 1. The molecule has 0 unspecified atom stereocenters. The molecule has 0 saturated heterocycles. The number of halogens is 2. The van der Waals surface area contributed by atoms with Gasteiger partial charge >= 0.3 is 12.6 Å². The van der Waals surface area contributed by atoms with Crippen molar-refractivity contribution in [3.05, 3.63) is 93.3 Å². The molecule has 0 fully saturated rings. The van der Waals surface area contributed by atoms with Gasteiger partial charge in [-0.25, -0.2) is 4.79 Å². The number of ether oxygens (including phenoxy) is 2. The molecule has 10 heteroatoms. The second-order valence-electron chi connectivity index (χ2n) is 7.21. The van der Waals surface area contributed by atoms with E-state index in [1.165, 1.54) is 42.5 Å². The van der Waals surface area contributed by atoms with E-state index in [4.69, 9.17) is 4.74 Å². The summed E-state index contributed by atoms with van der Waals surface area (Å²) < 4.78 is 35.8. The average molecular weight is 470 g/mol. The monoisotopic (exact) mass is 470 g/mol. The number of ketones is 1. The van der Waals surface area contributed by atoms with Crippen molar-refractivity contribution in [2.24, 2.45) is 0 Å². The predicted octanol–water partition coefficient (Wildman–Crippen LogP) is 5.04. The molecule has 1 heterocycles. The van der Waals surface area contributed by atoms with Gasteiger partial charge in [0.05, 0.1) is 4.92 Å². The van der Waals surface area contributed by atoms with Crippen LogP contribution in [-0.2, 0) is 9.53 Å². The standard InChI is InChI=1S/C24H20F2N2O6/c1-15-13-21(16(2)27(15)18-8-10-20(11-9-18)34-24(25)26)22(29)14-33-23(30)12-5-17-3-6-19(7-4-17)28(31)32/h3-13,24H,14H2,1-2H3/b12-5+. The van der Waals surface area contributed by atoms with Gasteiger partial charge in [-0.3, -0.25) is 14.9 Å². The maximum atomic E-state index is 12.6.